The molecule has 0 aromatic heterocycles. The van der Waals surface area contributed by atoms with E-state index >= 15 is 0 Å². The monoisotopic (exact) mass is 236 g/mol. The molecule has 0 radical (unpaired) electrons. The van der Waals surface area contributed by atoms with Gasteiger partial charge in [0, 0.05) is 0 Å². The van der Waals surface area contributed by atoms with Gasteiger partial charge in [0.05, 0.1) is 12.7 Å². The van der Waals surface area contributed by atoms with Crippen LogP contribution in [0, 0.1) is 0 Å². The normalized spacial score (nSPS) is 12.4. The average Bonchev–Trinajstić information content (AvgIpc) is 2.35. The standard InChI is InChI=1S/C15H24O2/c1-3-5-14(16)9-6-13-7-10-15(11-8-13)17-12-4-2/h7-8,10-11,14,16H,3-6,9,12H2,1-2H3. The Hall–Kier alpha value is -1.02. The predicted molar refractivity (Wildman–Crippen MR) is 71.5 cm³/mol. The molecule has 1 aromatic carbocycles. The topological polar surface area (TPSA) is 29.5 Å². The van der Waals surface area contributed by atoms with Crippen molar-refractivity contribution in [3.63, 3.8) is 0 Å². The van der Waals surface area contributed by atoms with Crippen LogP contribution in [-0.4, -0.2) is 17.8 Å². The molecule has 0 fully saturated rings. The first-order chi connectivity index (χ1) is 8.26. The second-order valence-corrected chi connectivity index (χ2v) is 4.47. The van der Waals surface area contributed by atoms with Crippen LogP contribution in [0.2, 0.25) is 0 Å². The first-order valence-corrected chi connectivity index (χ1v) is 6.66. The lowest BCUT2D eigenvalue weighted by Gasteiger charge is -2.09. The van der Waals surface area contributed by atoms with Gasteiger partial charge < -0.3 is 9.84 Å². The van der Waals surface area contributed by atoms with Crippen molar-refractivity contribution in [3.8, 4) is 5.75 Å². The summed E-state index contributed by atoms with van der Waals surface area (Å²) in [6, 6.07) is 8.20. The van der Waals surface area contributed by atoms with Crippen molar-refractivity contribution in [2.24, 2.45) is 0 Å². The molecule has 0 bridgehead atoms. The van der Waals surface area contributed by atoms with E-state index in [1.54, 1.807) is 0 Å². The van der Waals surface area contributed by atoms with Gasteiger partial charge in [-0.05, 0) is 43.4 Å². The third kappa shape index (κ3) is 5.73. The number of benzene rings is 1. The van der Waals surface area contributed by atoms with Crippen molar-refractivity contribution in [2.75, 3.05) is 6.61 Å². The summed E-state index contributed by atoms with van der Waals surface area (Å²) in [5.74, 6) is 0.935. The Morgan fingerprint density at radius 1 is 1.06 bits per heavy atom. The van der Waals surface area contributed by atoms with Gasteiger partial charge in [0.15, 0.2) is 0 Å². The van der Waals surface area contributed by atoms with Gasteiger partial charge in [-0.2, -0.15) is 0 Å². The van der Waals surface area contributed by atoms with Gasteiger partial charge in [-0.15, -0.1) is 0 Å². The van der Waals surface area contributed by atoms with Crippen molar-refractivity contribution in [3.05, 3.63) is 29.8 Å². The van der Waals surface area contributed by atoms with E-state index in [-0.39, 0.29) is 6.10 Å². The van der Waals surface area contributed by atoms with Crippen LogP contribution in [0.4, 0.5) is 0 Å². The third-order valence-electron chi connectivity index (χ3n) is 2.78. The van der Waals surface area contributed by atoms with Gasteiger partial charge in [-0.1, -0.05) is 32.4 Å². The van der Waals surface area contributed by atoms with Crippen molar-refractivity contribution >= 4 is 0 Å². The van der Waals surface area contributed by atoms with E-state index in [9.17, 15) is 5.11 Å². The first-order valence-electron chi connectivity index (χ1n) is 6.66. The van der Waals surface area contributed by atoms with Crippen LogP contribution in [0.25, 0.3) is 0 Å². The minimum absolute atomic E-state index is 0.156. The van der Waals surface area contributed by atoms with Crippen molar-refractivity contribution in [1.82, 2.24) is 0 Å². The molecule has 96 valence electrons. The van der Waals surface area contributed by atoms with Gasteiger partial charge in [0.1, 0.15) is 5.75 Å². The fourth-order valence-electron chi connectivity index (χ4n) is 1.78. The zero-order chi connectivity index (χ0) is 12.5. The highest BCUT2D eigenvalue weighted by atomic mass is 16.5. The van der Waals surface area contributed by atoms with Gasteiger partial charge >= 0.3 is 0 Å². The van der Waals surface area contributed by atoms with Crippen molar-refractivity contribution in [2.45, 2.75) is 52.1 Å². The molecule has 1 rings (SSSR count). The molecule has 17 heavy (non-hydrogen) atoms. The summed E-state index contributed by atoms with van der Waals surface area (Å²) in [4.78, 5) is 0. The lowest BCUT2D eigenvalue weighted by atomic mass is 10.0. The Morgan fingerprint density at radius 2 is 1.76 bits per heavy atom. The second kappa shape index (κ2) is 8.13. The summed E-state index contributed by atoms with van der Waals surface area (Å²) in [6.07, 6.45) is 4.61. The van der Waals surface area contributed by atoms with E-state index in [1.165, 1.54) is 5.56 Å². The molecule has 0 spiro atoms. The van der Waals surface area contributed by atoms with E-state index in [2.05, 4.69) is 26.0 Å². The molecule has 0 heterocycles. The number of hydrogen-bond acceptors (Lipinski definition) is 2. The minimum Gasteiger partial charge on any atom is -0.494 e. The summed E-state index contributed by atoms with van der Waals surface area (Å²) < 4.78 is 5.52. The van der Waals surface area contributed by atoms with Gasteiger partial charge in [-0.25, -0.2) is 0 Å². The number of hydrogen-bond donors (Lipinski definition) is 1. The van der Waals surface area contributed by atoms with Crippen LogP contribution in [0.5, 0.6) is 5.75 Å². The van der Waals surface area contributed by atoms with E-state index in [1.807, 2.05) is 12.1 Å². The maximum Gasteiger partial charge on any atom is 0.119 e. The highest BCUT2D eigenvalue weighted by Gasteiger charge is 2.03. The lowest BCUT2D eigenvalue weighted by Crippen LogP contribution is -2.07. The zero-order valence-corrected chi connectivity index (χ0v) is 11.0. The molecule has 2 heteroatoms. The molecule has 2 nitrogen and oxygen atoms in total. The zero-order valence-electron chi connectivity index (χ0n) is 11.0. The van der Waals surface area contributed by atoms with Gasteiger partial charge in [0.2, 0.25) is 0 Å². The largest absolute Gasteiger partial charge is 0.494 e. The Bertz CT molecular complexity index is 292. The molecule has 0 aliphatic carbocycles. The van der Waals surface area contributed by atoms with E-state index in [4.69, 9.17) is 4.74 Å². The first kappa shape index (κ1) is 14.0. The second-order valence-electron chi connectivity index (χ2n) is 4.47. The van der Waals surface area contributed by atoms with Gasteiger partial charge in [0.25, 0.3) is 0 Å². The van der Waals surface area contributed by atoms with Crippen LogP contribution >= 0.6 is 0 Å². The summed E-state index contributed by atoms with van der Waals surface area (Å²) in [6.45, 7) is 4.97. The SMILES string of the molecule is CCCOc1ccc(CCC(O)CCC)cc1. The lowest BCUT2D eigenvalue weighted by molar-refractivity contribution is 0.154. The summed E-state index contributed by atoms with van der Waals surface area (Å²) >= 11 is 0. The Balaban J connectivity index is 2.34. The molecule has 0 aliphatic rings. The van der Waals surface area contributed by atoms with Crippen LogP contribution < -0.4 is 4.74 Å². The molecule has 0 amide bonds. The number of rotatable bonds is 8. The predicted octanol–water partition coefficient (Wildman–Crippen LogP) is 3.57. The molecule has 0 aliphatic heterocycles. The number of aliphatic hydroxyl groups is 1. The summed E-state index contributed by atoms with van der Waals surface area (Å²) in [5, 5.41) is 9.66. The highest BCUT2D eigenvalue weighted by molar-refractivity contribution is 5.27. The number of ether oxygens (including phenoxy) is 1. The number of aliphatic hydroxyl groups excluding tert-OH is 1. The summed E-state index contributed by atoms with van der Waals surface area (Å²) in [5.41, 5.74) is 1.27. The van der Waals surface area contributed by atoms with E-state index in [0.29, 0.717) is 0 Å². The maximum atomic E-state index is 9.66. The average molecular weight is 236 g/mol. The molecule has 1 aromatic rings. The van der Waals surface area contributed by atoms with E-state index < -0.39 is 0 Å². The quantitative estimate of drug-likeness (QED) is 0.747. The van der Waals surface area contributed by atoms with Crippen molar-refractivity contribution < 1.29 is 9.84 Å². The fourth-order valence-corrected chi connectivity index (χ4v) is 1.78. The van der Waals surface area contributed by atoms with Crippen LogP contribution in [0.1, 0.15) is 45.1 Å². The number of aryl methyl sites for hydroxylation is 1. The minimum atomic E-state index is -0.156. The molecular weight excluding hydrogens is 212 g/mol. The molecule has 0 saturated carbocycles. The molecule has 1 unspecified atom stereocenters. The smallest absolute Gasteiger partial charge is 0.119 e. The molecular formula is C15H24O2. The molecule has 1 N–H and O–H groups in total. The molecule has 0 saturated heterocycles. The van der Waals surface area contributed by atoms with Crippen LogP contribution in [0.15, 0.2) is 24.3 Å². The maximum absolute atomic E-state index is 9.66. The van der Waals surface area contributed by atoms with Gasteiger partial charge in [-0.3, -0.25) is 0 Å². The fraction of sp³-hybridized carbons (Fsp3) is 0.600. The molecule has 1 atom stereocenters. The van der Waals surface area contributed by atoms with Crippen LogP contribution in [0.3, 0.4) is 0 Å². The van der Waals surface area contributed by atoms with Crippen molar-refractivity contribution in [1.29, 1.82) is 0 Å². The Labute approximate surface area is 105 Å². The third-order valence-corrected chi connectivity index (χ3v) is 2.78. The van der Waals surface area contributed by atoms with E-state index in [0.717, 1.165) is 44.5 Å². The summed E-state index contributed by atoms with van der Waals surface area (Å²) in [7, 11) is 0. The Morgan fingerprint density at radius 3 is 2.35 bits per heavy atom. The highest BCUT2D eigenvalue weighted by Crippen LogP contribution is 2.15. The Kier molecular flexibility index (Phi) is 6.71. The van der Waals surface area contributed by atoms with Crippen LogP contribution in [-0.2, 0) is 6.42 Å².